The molecule has 2 rings (SSSR count). The molecule has 0 aromatic heterocycles. The highest BCUT2D eigenvalue weighted by atomic mass is 35.5. The fraction of sp³-hybridized carbons (Fsp3) is 0.500. The normalized spacial score (nSPS) is 20.9. The van der Waals surface area contributed by atoms with Gasteiger partial charge in [0, 0.05) is 22.6 Å². The van der Waals surface area contributed by atoms with Crippen molar-refractivity contribution < 1.29 is 8.42 Å². The maximum atomic E-state index is 11.2. The van der Waals surface area contributed by atoms with Crippen LogP contribution in [0, 0.1) is 0 Å². The lowest BCUT2D eigenvalue weighted by Gasteiger charge is -2.24. The number of halogens is 2. The van der Waals surface area contributed by atoms with Gasteiger partial charge in [0.05, 0.1) is 5.75 Å². The van der Waals surface area contributed by atoms with Crippen molar-refractivity contribution >= 4 is 33.2 Å². The number of nitrogens with zero attached hydrogens (tertiary/aromatic N) is 1. The fourth-order valence-electron chi connectivity index (χ4n) is 2.44. The van der Waals surface area contributed by atoms with Crippen molar-refractivity contribution in [2.75, 3.05) is 12.3 Å². The molecule has 7 heteroatoms. The Morgan fingerprint density at radius 2 is 2.11 bits per heavy atom. The first-order valence-corrected chi connectivity index (χ1v) is 8.51. The smallest absolute Gasteiger partial charge is 0.210 e. The lowest BCUT2D eigenvalue weighted by Crippen LogP contribution is -2.37. The molecule has 1 aromatic rings. The Balaban J connectivity index is 2.11. The average molecular weight is 323 g/mol. The Kier molecular flexibility index (Phi) is 4.74. The molecule has 1 aliphatic rings. The number of hydrogen-bond acceptors (Lipinski definition) is 3. The van der Waals surface area contributed by atoms with Gasteiger partial charge in [-0.3, -0.25) is 4.90 Å². The van der Waals surface area contributed by atoms with E-state index in [2.05, 4.69) is 4.90 Å². The van der Waals surface area contributed by atoms with Crippen LogP contribution in [0.1, 0.15) is 18.4 Å². The number of benzene rings is 1. The molecule has 0 aliphatic carbocycles. The molecule has 0 bridgehead atoms. The molecular formula is C12H16Cl2N2O2S. The van der Waals surface area contributed by atoms with Gasteiger partial charge < -0.3 is 0 Å². The number of sulfonamides is 1. The van der Waals surface area contributed by atoms with Crippen LogP contribution in [0.4, 0.5) is 0 Å². The number of hydrogen-bond donors (Lipinski definition) is 1. The van der Waals surface area contributed by atoms with E-state index in [4.69, 9.17) is 28.3 Å². The molecule has 1 saturated heterocycles. The molecule has 106 valence electrons. The standard InChI is InChI=1S/C12H16Cl2N2O2S/c13-10-3-4-12(14)9(6-10)7-16-5-1-2-11(16)8-19(15,17)18/h3-4,6,11H,1-2,5,7-8H2,(H2,15,17,18). The summed E-state index contributed by atoms with van der Waals surface area (Å²) in [4.78, 5) is 2.10. The zero-order chi connectivity index (χ0) is 14.0. The summed E-state index contributed by atoms with van der Waals surface area (Å²) in [5.41, 5.74) is 0.912. The lowest BCUT2D eigenvalue weighted by atomic mass is 10.2. The summed E-state index contributed by atoms with van der Waals surface area (Å²) < 4.78 is 22.4. The van der Waals surface area contributed by atoms with Crippen LogP contribution in [-0.4, -0.2) is 31.7 Å². The second-order valence-corrected chi connectivity index (χ2v) is 7.33. The second-order valence-electron chi connectivity index (χ2n) is 4.83. The van der Waals surface area contributed by atoms with Gasteiger partial charge in [0.25, 0.3) is 0 Å². The molecule has 1 unspecified atom stereocenters. The van der Waals surface area contributed by atoms with Crippen molar-refractivity contribution in [1.82, 2.24) is 4.90 Å². The molecule has 1 aromatic carbocycles. The number of rotatable bonds is 4. The van der Waals surface area contributed by atoms with Crippen molar-refractivity contribution in [3.05, 3.63) is 33.8 Å². The van der Waals surface area contributed by atoms with Gasteiger partial charge in [-0.25, -0.2) is 13.6 Å². The molecule has 1 aliphatic heterocycles. The predicted octanol–water partition coefficient (Wildman–Crippen LogP) is 2.25. The van der Waals surface area contributed by atoms with E-state index in [9.17, 15) is 8.42 Å². The van der Waals surface area contributed by atoms with E-state index in [1.807, 2.05) is 6.07 Å². The summed E-state index contributed by atoms with van der Waals surface area (Å²) in [6.45, 7) is 1.45. The van der Waals surface area contributed by atoms with Crippen LogP contribution < -0.4 is 5.14 Å². The minimum atomic E-state index is -3.45. The van der Waals surface area contributed by atoms with Crippen LogP contribution in [0.15, 0.2) is 18.2 Å². The van der Waals surface area contributed by atoms with Gasteiger partial charge in [0.1, 0.15) is 0 Å². The summed E-state index contributed by atoms with van der Waals surface area (Å²) in [6, 6.07) is 5.27. The molecule has 2 N–H and O–H groups in total. The third-order valence-corrected chi connectivity index (χ3v) is 4.76. The van der Waals surface area contributed by atoms with E-state index in [1.165, 1.54) is 0 Å². The molecule has 1 fully saturated rings. The Morgan fingerprint density at radius 1 is 1.37 bits per heavy atom. The van der Waals surface area contributed by atoms with Crippen LogP contribution in [-0.2, 0) is 16.6 Å². The predicted molar refractivity (Wildman–Crippen MR) is 77.9 cm³/mol. The van der Waals surface area contributed by atoms with E-state index >= 15 is 0 Å². The Labute approximate surface area is 123 Å². The van der Waals surface area contributed by atoms with Gasteiger partial charge in [-0.05, 0) is 43.1 Å². The van der Waals surface area contributed by atoms with E-state index < -0.39 is 10.0 Å². The first-order chi connectivity index (χ1) is 8.85. The summed E-state index contributed by atoms with van der Waals surface area (Å²) in [5, 5.41) is 6.39. The Bertz CT molecular complexity index is 563. The highest BCUT2D eigenvalue weighted by Gasteiger charge is 2.28. The third kappa shape index (κ3) is 4.33. The largest absolute Gasteiger partial charge is 0.295 e. The molecule has 0 radical (unpaired) electrons. The van der Waals surface area contributed by atoms with Crippen LogP contribution in [0.2, 0.25) is 10.0 Å². The zero-order valence-corrected chi connectivity index (χ0v) is 12.7. The highest BCUT2D eigenvalue weighted by Crippen LogP contribution is 2.26. The Morgan fingerprint density at radius 3 is 2.79 bits per heavy atom. The zero-order valence-electron chi connectivity index (χ0n) is 10.4. The summed E-state index contributed by atoms with van der Waals surface area (Å²) in [5.74, 6) is -0.00875. The molecule has 1 heterocycles. The first-order valence-electron chi connectivity index (χ1n) is 6.03. The van der Waals surface area contributed by atoms with Crippen molar-refractivity contribution in [2.24, 2.45) is 5.14 Å². The first kappa shape index (κ1) is 15.1. The molecular weight excluding hydrogens is 307 g/mol. The van der Waals surface area contributed by atoms with Crippen LogP contribution >= 0.6 is 23.2 Å². The number of primary sulfonamides is 1. The number of likely N-dealkylation sites (tertiary alicyclic amines) is 1. The van der Waals surface area contributed by atoms with Crippen molar-refractivity contribution in [2.45, 2.75) is 25.4 Å². The molecule has 0 saturated carbocycles. The minimum absolute atomic E-state index is 0.00875. The maximum Gasteiger partial charge on any atom is 0.210 e. The Hall–Kier alpha value is -0.330. The van der Waals surface area contributed by atoms with Gasteiger partial charge in [-0.2, -0.15) is 0 Å². The molecule has 1 atom stereocenters. The van der Waals surface area contributed by atoms with Crippen LogP contribution in [0.5, 0.6) is 0 Å². The topological polar surface area (TPSA) is 63.4 Å². The van der Waals surface area contributed by atoms with Crippen molar-refractivity contribution in [1.29, 1.82) is 0 Å². The quantitative estimate of drug-likeness (QED) is 0.924. The summed E-state index contributed by atoms with van der Waals surface area (Å²) >= 11 is 12.1. The van der Waals surface area contributed by atoms with Gasteiger partial charge in [0.15, 0.2) is 0 Å². The van der Waals surface area contributed by atoms with Crippen molar-refractivity contribution in [3.8, 4) is 0 Å². The molecule has 4 nitrogen and oxygen atoms in total. The van der Waals surface area contributed by atoms with Gasteiger partial charge >= 0.3 is 0 Å². The minimum Gasteiger partial charge on any atom is -0.295 e. The van der Waals surface area contributed by atoms with E-state index in [0.29, 0.717) is 16.6 Å². The monoisotopic (exact) mass is 322 g/mol. The molecule has 0 spiro atoms. The lowest BCUT2D eigenvalue weighted by molar-refractivity contribution is 0.262. The number of nitrogens with two attached hydrogens (primary N) is 1. The average Bonchev–Trinajstić information content (AvgIpc) is 2.69. The van der Waals surface area contributed by atoms with Gasteiger partial charge in [-0.1, -0.05) is 23.2 Å². The highest BCUT2D eigenvalue weighted by molar-refractivity contribution is 7.89. The summed E-state index contributed by atoms with van der Waals surface area (Å²) in [7, 11) is -3.45. The molecule has 0 amide bonds. The van der Waals surface area contributed by atoms with Crippen LogP contribution in [0.3, 0.4) is 0 Å². The SMILES string of the molecule is NS(=O)(=O)CC1CCCN1Cc1cc(Cl)ccc1Cl. The van der Waals surface area contributed by atoms with E-state index in [0.717, 1.165) is 24.9 Å². The third-order valence-electron chi connectivity index (χ3n) is 3.30. The van der Waals surface area contributed by atoms with E-state index in [-0.39, 0.29) is 11.8 Å². The maximum absolute atomic E-state index is 11.2. The van der Waals surface area contributed by atoms with Gasteiger partial charge in [0.2, 0.25) is 10.0 Å². The van der Waals surface area contributed by atoms with Crippen molar-refractivity contribution in [3.63, 3.8) is 0 Å². The molecule has 19 heavy (non-hydrogen) atoms. The van der Waals surface area contributed by atoms with Crippen LogP contribution in [0.25, 0.3) is 0 Å². The fourth-order valence-corrected chi connectivity index (χ4v) is 3.73. The second kappa shape index (κ2) is 5.97. The van der Waals surface area contributed by atoms with Gasteiger partial charge in [-0.15, -0.1) is 0 Å². The van der Waals surface area contributed by atoms with E-state index in [1.54, 1.807) is 12.1 Å². The summed E-state index contributed by atoms with van der Waals surface area (Å²) in [6.07, 6.45) is 1.81.